The summed E-state index contributed by atoms with van der Waals surface area (Å²) in [6, 6.07) is 24.9. The molecule has 7 N–H and O–H groups in total. The zero-order valence-electron chi connectivity index (χ0n) is 30.4. The van der Waals surface area contributed by atoms with Crippen LogP contribution in [0.15, 0.2) is 84.9 Å². The molecule has 5 aromatic carbocycles. The number of rotatable bonds is 5. The van der Waals surface area contributed by atoms with Crippen molar-refractivity contribution in [3.05, 3.63) is 141 Å². The molecule has 3 aliphatic rings. The Bertz CT molecular complexity index is 2390. The molecule has 0 spiro atoms. The minimum Gasteiger partial charge on any atom is -0.398 e. The molecule has 10 nitrogen and oxygen atoms in total. The second-order valence-corrected chi connectivity index (χ2v) is 14.1. The van der Waals surface area contributed by atoms with E-state index in [-0.39, 0.29) is 40.2 Å². The molecule has 3 aliphatic carbocycles. The van der Waals surface area contributed by atoms with Gasteiger partial charge in [0.2, 0.25) is 5.91 Å². The molecular formula is C44H41N5O5. The van der Waals surface area contributed by atoms with Crippen molar-refractivity contribution >= 4 is 63.2 Å². The summed E-state index contributed by atoms with van der Waals surface area (Å²) in [6.07, 6.45) is 5.85. The highest BCUT2D eigenvalue weighted by molar-refractivity contribution is 6.33. The van der Waals surface area contributed by atoms with Crippen LogP contribution in [0.4, 0.5) is 34.1 Å². The molecule has 54 heavy (non-hydrogen) atoms. The Morgan fingerprint density at radius 2 is 0.981 bits per heavy atom. The van der Waals surface area contributed by atoms with E-state index in [1.807, 2.05) is 13.0 Å². The number of nitrogens with one attached hydrogen (secondary N) is 3. The van der Waals surface area contributed by atoms with Gasteiger partial charge in [-0.05, 0) is 74.2 Å². The van der Waals surface area contributed by atoms with Gasteiger partial charge in [-0.1, -0.05) is 67.8 Å². The molecule has 1 amide bonds. The number of nitrogen functional groups attached to an aromatic ring is 2. The van der Waals surface area contributed by atoms with Gasteiger partial charge in [0.1, 0.15) is 0 Å². The first-order chi connectivity index (χ1) is 25.9. The Kier molecular flexibility index (Phi) is 9.60. The maximum absolute atomic E-state index is 13.2. The second-order valence-electron chi connectivity index (χ2n) is 14.1. The molecule has 0 heterocycles. The maximum atomic E-state index is 13.2. The van der Waals surface area contributed by atoms with Crippen LogP contribution in [-0.2, 0) is 4.79 Å². The Morgan fingerprint density at radius 3 is 1.44 bits per heavy atom. The van der Waals surface area contributed by atoms with Gasteiger partial charge in [0.15, 0.2) is 23.1 Å². The molecule has 1 fully saturated rings. The first kappa shape index (κ1) is 35.8. The van der Waals surface area contributed by atoms with Gasteiger partial charge in [0.05, 0.1) is 27.9 Å². The summed E-state index contributed by atoms with van der Waals surface area (Å²) < 4.78 is 0. The molecule has 5 aromatic rings. The fourth-order valence-electron chi connectivity index (χ4n) is 7.58. The lowest BCUT2D eigenvalue weighted by molar-refractivity contribution is -0.114. The number of ketones is 4. The molecule has 0 aliphatic heterocycles. The molecule has 8 rings (SSSR count). The monoisotopic (exact) mass is 719 g/mol. The molecule has 0 aromatic heterocycles. The fourth-order valence-corrected chi connectivity index (χ4v) is 7.58. The first-order valence-electron chi connectivity index (χ1n) is 18.1. The van der Waals surface area contributed by atoms with E-state index < -0.39 is 0 Å². The lowest BCUT2D eigenvalue weighted by Crippen LogP contribution is -2.28. The van der Waals surface area contributed by atoms with Crippen LogP contribution >= 0.6 is 0 Å². The maximum Gasteiger partial charge on any atom is 0.221 e. The molecule has 0 unspecified atom stereocenters. The molecule has 0 saturated heterocycles. The summed E-state index contributed by atoms with van der Waals surface area (Å²) in [7, 11) is 0. The lowest BCUT2D eigenvalue weighted by atomic mass is 9.81. The quantitative estimate of drug-likeness (QED) is 0.110. The number of carbonyl (C=O) groups is 5. The van der Waals surface area contributed by atoms with Crippen LogP contribution in [0.1, 0.15) is 114 Å². The van der Waals surface area contributed by atoms with Gasteiger partial charge in [-0.25, -0.2) is 0 Å². The summed E-state index contributed by atoms with van der Waals surface area (Å²) >= 11 is 0. The Labute approximate surface area is 313 Å². The first-order valence-corrected chi connectivity index (χ1v) is 18.1. The number of benzene rings is 5. The highest BCUT2D eigenvalue weighted by atomic mass is 16.2. The smallest absolute Gasteiger partial charge is 0.221 e. The Morgan fingerprint density at radius 1 is 0.574 bits per heavy atom. The zero-order valence-corrected chi connectivity index (χ0v) is 30.4. The van der Waals surface area contributed by atoms with E-state index >= 15 is 0 Å². The summed E-state index contributed by atoms with van der Waals surface area (Å²) in [4.78, 5) is 63.6. The van der Waals surface area contributed by atoms with Crippen molar-refractivity contribution < 1.29 is 24.0 Å². The fraction of sp³-hybridized carbons (Fsp3) is 0.205. The number of carbonyl (C=O) groups excluding carboxylic acids is 5. The minimum absolute atomic E-state index is 0.116. The van der Waals surface area contributed by atoms with Crippen molar-refractivity contribution in [3.63, 3.8) is 0 Å². The number of hydrogen-bond acceptors (Lipinski definition) is 9. The highest BCUT2D eigenvalue weighted by Crippen LogP contribution is 2.40. The Balaban J connectivity index is 0.000000168. The number of nitrogens with two attached hydrogens (primary N) is 2. The topological polar surface area (TPSA) is 173 Å². The van der Waals surface area contributed by atoms with E-state index in [0.717, 1.165) is 24.1 Å². The third-order valence-corrected chi connectivity index (χ3v) is 10.3. The van der Waals surface area contributed by atoms with Crippen LogP contribution in [0.3, 0.4) is 0 Å². The molecule has 10 heteroatoms. The average Bonchev–Trinajstić information content (AvgIpc) is 3.17. The minimum atomic E-state index is -0.250. The van der Waals surface area contributed by atoms with Crippen molar-refractivity contribution in [1.29, 1.82) is 0 Å². The van der Waals surface area contributed by atoms with Gasteiger partial charge in [0, 0.05) is 63.7 Å². The Hall–Kier alpha value is -6.55. The predicted molar refractivity (Wildman–Crippen MR) is 212 cm³/mol. The van der Waals surface area contributed by atoms with Gasteiger partial charge in [-0.2, -0.15) is 0 Å². The molecule has 0 atom stereocenters. The van der Waals surface area contributed by atoms with E-state index in [9.17, 15) is 24.0 Å². The number of amides is 1. The number of fused-ring (bicyclic) bond motifs is 4. The zero-order chi connectivity index (χ0) is 38.3. The molecule has 1 saturated carbocycles. The van der Waals surface area contributed by atoms with Crippen LogP contribution in [0.2, 0.25) is 0 Å². The highest BCUT2D eigenvalue weighted by Gasteiger charge is 2.36. The van der Waals surface area contributed by atoms with Crippen LogP contribution in [0, 0.1) is 13.8 Å². The summed E-state index contributed by atoms with van der Waals surface area (Å²) in [5.74, 6) is -0.912. The number of anilines is 6. The molecular weight excluding hydrogens is 679 g/mol. The van der Waals surface area contributed by atoms with Crippen molar-refractivity contribution in [2.75, 3.05) is 27.4 Å². The van der Waals surface area contributed by atoms with E-state index in [1.54, 1.807) is 85.8 Å². The van der Waals surface area contributed by atoms with Gasteiger partial charge in [-0.3, -0.25) is 24.0 Å². The standard InChI is InChI=1S/C23H19N3O3.C21H22N2O2/c1-12-11-18(26-15-9-7-14(8-10-15)25-13(2)27)19-20(21(12)24)23(29)17-6-4-3-5-16(17)22(19)28;1-12-11-16(23-13-7-3-2-4-8-13)17-18(19(12)22)21(25)15-10-6-5-9-14(15)20(17)24/h3-11,26H,24H2,1-2H3,(H,25,27);5-6,9-11,13,23H,2-4,7-8,22H2,1H3. The predicted octanol–water partition coefficient (Wildman–Crippen LogP) is 8.15. The van der Waals surface area contributed by atoms with Crippen LogP contribution in [0.25, 0.3) is 0 Å². The van der Waals surface area contributed by atoms with Crippen LogP contribution in [0.5, 0.6) is 0 Å². The number of hydrogen-bond donors (Lipinski definition) is 5. The van der Waals surface area contributed by atoms with Gasteiger partial charge in [-0.15, -0.1) is 0 Å². The van der Waals surface area contributed by atoms with Crippen molar-refractivity contribution in [3.8, 4) is 0 Å². The molecule has 272 valence electrons. The third kappa shape index (κ3) is 6.51. The van der Waals surface area contributed by atoms with E-state index in [2.05, 4.69) is 16.0 Å². The van der Waals surface area contributed by atoms with E-state index in [1.165, 1.54) is 26.2 Å². The second kappa shape index (κ2) is 14.5. The largest absolute Gasteiger partial charge is 0.398 e. The van der Waals surface area contributed by atoms with Crippen molar-refractivity contribution in [1.82, 2.24) is 0 Å². The van der Waals surface area contributed by atoms with Gasteiger partial charge < -0.3 is 27.4 Å². The van der Waals surface area contributed by atoms with Gasteiger partial charge >= 0.3 is 0 Å². The van der Waals surface area contributed by atoms with Crippen LogP contribution < -0.4 is 27.4 Å². The third-order valence-electron chi connectivity index (χ3n) is 10.3. The average molecular weight is 720 g/mol. The number of aryl methyl sites for hydroxylation is 2. The molecule has 0 radical (unpaired) electrons. The summed E-state index contributed by atoms with van der Waals surface area (Å²) in [6.45, 7) is 5.13. The van der Waals surface area contributed by atoms with Crippen molar-refractivity contribution in [2.45, 2.75) is 58.9 Å². The van der Waals surface area contributed by atoms with Crippen molar-refractivity contribution in [2.24, 2.45) is 0 Å². The lowest BCUT2D eigenvalue weighted by Gasteiger charge is -2.28. The summed E-state index contributed by atoms with van der Waals surface area (Å²) in [5.41, 5.74) is 20.3. The molecule has 0 bridgehead atoms. The van der Waals surface area contributed by atoms with Crippen LogP contribution in [-0.4, -0.2) is 35.1 Å². The van der Waals surface area contributed by atoms with E-state index in [0.29, 0.717) is 73.4 Å². The normalized spacial score (nSPS) is 14.5. The van der Waals surface area contributed by atoms with Gasteiger partial charge in [0.25, 0.3) is 0 Å². The van der Waals surface area contributed by atoms with E-state index in [4.69, 9.17) is 11.5 Å². The SMILES string of the molecule is CC(=O)Nc1ccc(Nc2cc(C)c(N)c3c2C(=O)c2ccccc2C3=O)cc1.Cc1cc(NC2CCCCC2)c2c(c1N)C(=O)c1ccccc1C2=O. The summed E-state index contributed by atoms with van der Waals surface area (Å²) in [5, 5.41) is 9.46.